The Hall–Kier alpha value is -2.57. The average molecular weight is 272 g/mol. The first-order valence-corrected chi connectivity index (χ1v) is 6.28. The topological polar surface area (TPSA) is 94.3 Å². The van der Waals surface area contributed by atoms with Crippen molar-refractivity contribution in [3.63, 3.8) is 0 Å². The third-order valence-electron chi connectivity index (χ3n) is 2.58. The molecule has 0 aliphatic carbocycles. The summed E-state index contributed by atoms with van der Waals surface area (Å²) in [4.78, 5) is 8.74. The van der Waals surface area contributed by atoms with E-state index in [9.17, 15) is 0 Å². The zero-order valence-corrected chi connectivity index (χ0v) is 11.6. The lowest BCUT2D eigenvalue weighted by molar-refractivity contribution is 0.577. The van der Waals surface area contributed by atoms with Crippen LogP contribution < -0.4 is 11.1 Å². The van der Waals surface area contributed by atoms with E-state index in [1.165, 1.54) is 4.52 Å². The van der Waals surface area contributed by atoms with Gasteiger partial charge < -0.3 is 15.5 Å². The molecule has 3 rings (SSSR count). The lowest BCUT2D eigenvalue weighted by atomic mass is 10.1. The molecule has 0 amide bonds. The molecule has 0 radical (unpaired) electrons. The lowest BCUT2D eigenvalue weighted by Crippen LogP contribution is -2.27. The second kappa shape index (κ2) is 4.22. The Bertz CT molecular complexity index is 738. The molecule has 3 aromatic heterocycles. The normalized spacial score (nSPS) is 11.9. The van der Waals surface area contributed by atoms with Crippen molar-refractivity contribution in [1.82, 2.24) is 19.6 Å². The fraction of sp³-hybridized carbons (Fsp3) is 0.308. The van der Waals surface area contributed by atoms with Crippen LogP contribution in [-0.4, -0.2) is 25.1 Å². The van der Waals surface area contributed by atoms with E-state index in [4.69, 9.17) is 10.2 Å². The highest BCUT2D eigenvalue weighted by molar-refractivity contribution is 5.57. The number of hydrogen-bond acceptors (Lipinski definition) is 6. The zero-order valence-electron chi connectivity index (χ0n) is 11.6. The van der Waals surface area contributed by atoms with Gasteiger partial charge in [0.25, 0.3) is 5.78 Å². The Morgan fingerprint density at radius 1 is 1.30 bits per heavy atom. The van der Waals surface area contributed by atoms with E-state index < -0.39 is 0 Å². The molecule has 20 heavy (non-hydrogen) atoms. The number of furan rings is 1. The zero-order chi connectivity index (χ0) is 14.3. The van der Waals surface area contributed by atoms with E-state index in [1.807, 2.05) is 20.8 Å². The van der Waals surface area contributed by atoms with E-state index in [-0.39, 0.29) is 5.54 Å². The number of hydrogen-bond donors (Lipinski definition) is 2. The van der Waals surface area contributed by atoms with Crippen molar-refractivity contribution in [2.75, 3.05) is 11.1 Å². The van der Waals surface area contributed by atoms with Gasteiger partial charge in [0.2, 0.25) is 5.82 Å². The van der Waals surface area contributed by atoms with Crippen LogP contribution in [0.25, 0.3) is 17.4 Å². The van der Waals surface area contributed by atoms with Gasteiger partial charge in [-0.25, -0.2) is 0 Å². The molecule has 7 nitrogen and oxygen atoms in total. The number of nitrogens with two attached hydrogens (primary N) is 1. The largest absolute Gasteiger partial charge is 0.461 e. The van der Waals surface area contributed by atoms with Crippen LogP contribution in [-0.2, 0) is 0 Å². The van der Waals surface area contributed by atoms with E-state index in [0.29, 0.717) is 29.0 Å². The molecule has 0 bridgehead atoms. The number of fused-ring (bicyclic) bond motifs is 1. The van der Waals surface area contributed by atoms with E-state index >= 15 is 0 Å². The molecular formula is C13H16N6O. The molecule has 0 aliphatic rings. The van der Waals surface area contributed by atoms with Gasteiger partial charge in [0.05, 0.1) is 6.26 Å². The van der Waals surface area contributed by atoms with Crippen molar-refractivity contribution in [3.05, 3.63) is 24.5 Å². The molecule has 3 aromatic rings. The Labute approximate surface area is 115 Å². The first kappa shape index (κ1) is 12.5. The highest BCUT2D eigenvalue weighted by atomic mass is 16.3. The van der Waals surface area contributed by atoms with Gasteiger partial charge in [-0.15, -0.1) is 5.10 Å². The van der Waals surface area contributed by atoms with Crippen LogP contribution >= 0.6 is 0 Å². The van der Waals surface area contributed by atoms with Gasteiger partial charge in [0, 0.05) is 11.6 Å². The molecule has 7 heteroatoms. The van der Waals surface area contributed by atoms with Crippen LogP contribution in [0.3, 0.4) is 0 Å². The molecule has 0 aliphatic heterocycles. The summed E-state index contributed by atoms with van der Waals surface area (Å²) in [6.45, 7) is 6.15. The first-order valence-electron chi connectivity index (χ1n) is 6.28. The predicted octanol–water partition coefficient (Wildman–Crippen LogP) is 2.18. The predicted molar refractivity (Wildman–Crippen MR) is 76.3 cm³/mol. The highest BCUT2D eigenvalue weighted by Crippen LogP contribution is 2.20. The number of nitrogens with zero attached hydrogens (tertiary/aromatic N) is 4. The molecule has 3 N–H and O–H groups in total. The monoisotopic (exact) mass is 272 g/mol. The maximum Gasteiger partial charge on any atom is 0.256 e. The number of nitrogen functional groups attached to an aromatic ring is 1. The van der Waals surface area contributed by atoms with Crippen molar-refractivity contribution in [3.8, 4) is 11.6 Å². The van der Waals surface area contributed by atoms with Crippen LogP contribution in [0.4, 0.5) is 11.6 Å². The molecule has 0 unspecified atom stereocenters. The highest BCUT2D eigenvalue weighted by Gasteiger charge is 2.15. The van der Waals surface area contributed by atoms with Crippen molar-refractivity contribution < 1.29 is 4.42 Å². The van der Waals surface area contributed by atoms with Crippen molar-refractivity contribution in [2.45, 2.75) is 26.3 Å². The summed E-state index contributed by atoms with van der Waals surface area (Å²) < 4.78 is 6.77. The Balaban J connectivity index is 2.08. The molecule has 0 saturated heterocycles. The van der Waals surface area contributed by atoms with Crippen LogP contribution in [0.1, 0.15) is 20.8 Å². The average Bonchev–Trinajstić information content (AvgIpc) is 2.93. The minimum Gasteiger partial charge on any atom is -0.461 e. The Kier molecular flexibility index (Phi) is 2.63. The molecule has 104 valence electrons. The van der Waals surface area contributed by atoms with Gasteiger partial charge in [0.15, 0.2) is 5.76 Å². The first-order chi connectivity index (χ1) is 9.42. The summed E-state index contributed by atoms with van der Waals surface area (Å²) in [5.74, 6) is 2.61. The van der Waals surface area contributed by atoms with Crippen LogP contribution in [0.2, 0.25) is 0 Å². The van der Waals surface area contributed by atoms with Crippen LogP contribution in [0.15, 0.2) is 28.9 Å². The second-order valence-electron chi connectivity index (χ2n) is 5.57. The molecule has 0 spiro atoms. The SMILES string of the molecule is CC(C)(C)Nc1cc(N)n2nc(-c3ccco3)nc2n1. The summed E-state index contributed by atoms with van der Waals surface area (Å²) in [5.41, 5.74) is 5.88. The quantitative estimate of drug-likeness (QED) is 0.742. The number of nitrogens with one attached hydrogen (secondary N) is 1. The fourth-order valence-electron chi connectivity index (χ4n) is 1.85. The van der Waals surface area contributed by atoms with Crippen LogP contribution in [0.5, 0.6) is 0 Å². The number of rotatable bonds is 2. The van der Waals surface area contributed by atoms with Gasteiger partial charge in [0.1, 0.15) is 11.6 Å². The van der Waals surface area contributed by atoms with E-state index in [2.05, 4.69) is 20.4 Å². The van der Waals surface area contributed by atoms with Gasteiger partial charge in [-0.05, 0) is 32.9 Å². The molecule has 0 atom stereocenters. The third-order valence-corrected chi connectivity index (χ3v) is 2.58. The van der Waals surface area contributed by atoms with Gasteiger partial charge in [-0.2, -0.15) is 14.5 Å². The number of anilines is 2. The maximum absolute atomic E-state index is 5.99. The molecular weight excluding hydrogens is 256 g/mol. The summed E-state index contributed by atoms with van der Waals surface area (Å²) in [6.07, 6.45) is 1.57. The second-order valence-corrected chi connectivity index (χ2v) is 5.57. The third kappa shape index (κ3) is 2.29. The van der Waals surface area contributed by atoms with Crippen molar-refractivity contribution in [1.29, 1.82) is 0 Å². The molecule has 3 heterocycles. The van der Waals surface area contributed by atoms with Crippen molar-refractivity contribution >= 4 is 17.4 Å². The summed E-state index contributed by atoms with van der Waals surface area (Å²) >= 11 is 0. The molecule has 0 saturated carbocycles. The van der Waals surface area contributed by atoms with Gasteiger partial charge >= 0.3 is 0 Å². The Morgan fingerprint density at radius 3 is 2.75 bits per heavy atom. The molecule has 0 fully saturated rings. The minimum absolute atomic E-state index is 0.109. The molecule has 0 aromatic carbocycles. The van der Waals surface area contributed by atoms with E-state index in [0.717, 1.165) is 0 Å². The maximum atomic E-state index is 5.99. The smallest absolute Gasteiger partial charge is 0.256 e. The summed E-state index contributed by atoms with van der Waals surface area (Å²) in [7, 11) is 0. The minimum atomic E-state index is -0.109. The van der Waals surface area contributed by atoms with Crippen molar-refractivity contribution in [2.24, 2.45) is 0 Å². The number of aromatic nitrogens is 4. The summed E-state index contributed by atoms with van der Waals surface area (Å²) in [6, 6.07) is 5.31. The standard InChI is InChI=1S/C13H16N6O/c1-13(2,3)17-10-7-9(14)19-12(15-10)16-11(18-19)8-5-4-6-20-8/h4-7H,14H2,1-3H3,(H,15,16,17,18). The van der Waals surface area contributed by atoms with Gasteiger partial charge in [-0.1, -0.05) is 0 Å². The summed E-state index contributed by atoms with van der Waals surface area (Å²) in [5, 5.41) is 7.55. The van der Waals surface area contributed by atoms with Crippen LogP contribution in [0, 0.1) is 0 Å². The Morgan fingerprint density at radius 2 is 2.10 bits per heavy atom. The lowest BCUT2D eigenvalue weighted by Gasteiger charge is -2.21. The van der Waals surface area contributed by atoms with Gasteiger partial charge in [-0.3, -0.25) is 0 Å². The fourth-order valence-corrected chi connectivity index (χ4v) is 1.85. The van der Waals surface area contributed by atoms with E-state index in [1.54, 1.807) is 24.5 Å².